The zero-order valence-corrected chi connectivity index (χ0v) is 17.0. The molecule has 1 unspecified atom stereocenters. The fourth-order valence-electron chi connectivity index (χ4n) is 2.59. The summed E-state index contributed by atoms with van der Waals surface area (Å²) >= 11 is 12.1. The molecule has 7 heteroatoms. The van der Waals surface area contributed by atoms with E-state index >= 15 is 0 Å². The largest absolute Gasteiger partial charge is 0.347 e. The molecule has 0 bridgehead atoms. The molecule has 3 N–H and O–H groups in total. The average Bonchev–Trinajstić information content (AvgIpc) is 2.63. The van der Waals surface area contributed by atoms with Crippen molar-refractivity contribution in [2.45, 2.75) is 20.4 Å². The second-order valence-corrected chi connectivity index (χ2v) is 7.18. The van der Waals surface area contributed by atoms with Gasteiger partial charge in [0.1, 0.15) is 0 Å². The minimum Gasteiger partial charge on any atom is -0.347 e. The van der Waals surface area contributed by atoms with Gasteiger partial charge in [0.05, 0.1) is 6.54 Å². The number of carbonyl (C=O) groups excluding carboxylic acids is 2. The lowest BCUT2D eigenvalue weighted by atomic mass is 10.2. The minimum atomic E-state index is -0.156. The smallest absolute Gasteiger partial charge is 0.279 e. The van der Waals surface area contributed by atoms with E-state index in [0.29, 0.717) is 28.8 Å². The van der Waals surface area contributed by atoms with Crippen molar-refractivity contribution in [2.75, 3.05) is 25.0 Å². The van der Waals surface area contributed by atoms with Crippen LogP contribution in [0.25, 0.3) is 0 Å². The van der Waals surface area contributed by atoms with E-state index in [1.807, 2.05) is 38.1 Å². The predicted molar refractivity (Wildman–Crippen MR) is 109 cm³/mol. The maximum Gasteiger partial charge on any atom is 0.279 e. The molecule has 0 saturated carbocycles. The summed E-state index contributed by atoms with van der Waals surface area (Å²) < 4.78 is 0. The molecule has 0 aliphatic carbocycles. The first-order valence-corrected chi connectivity index (χ1v) is 9.54. The van der Waals surface area contributed by atoms with Crippen LogP contribution in [-0.4, -0.2) is 31.4 Å². The maximum absolute atomic E-state index is 12.3. The molecule has 2 aromatic rings. The molecule has 2 rings (SSSR count). The van der Waals surface area contributed by atoms with Gasteiger partial charge in [0.25, 0.3) is 11.8 Å². The number of halogens is 2. The molecule has 27 heavy (non-hydrogen) atoms. The Labute approximate surface area is 169 Å². The molecular formula is C20H24Cl2N3O2+. The van der Waals surface area contributed by atoms with Crippen molar-refractivity contribution in [3.63, 3.8) is 0 Å². The zero-order valence-electron chi connectivity index (χ0n) is 15.4. The predicted octanol–water partition coefficient (Wildman–Crippen LogP) is 2.46. The van der Waals surface area contributed by atoms with Gasteiger partial charge in [-0.15, -0.1) is 0 Å². The molecular weight excluding hydrogens is 385 g/mol. The van der Waals surface area contributed by atoms with Gasteiger partial charge in [0, 0.05) is 22.3 Å². The van der Waals surface area contributed by atoms with Crippen LogP contribution in [0.3, 0.4) is 0 Å². The summed E-state index contributed by atoms with van der Waals surface area (Å²) in [6.45, 7) is 5.27. The molecule has 0 aromatic heterocycles. The Bertz CT molecular complexity index is 812. The van der Waals surface area contributed by atoms with Crippen LogP contribution in [0, 0.1) is 6.92 Å². The molecule has 5 nitrogen and oxygen atoms in total. The number of nitrogens with one attached hydrogen (secondary N) is 3. The number of hydrogen-bond donors (Lipinski definition) is 3. The Morgan fingerprint density at radius 2 is 1.74 bits per heavy atom. The first kappa shape index (κ1) is 21.2. The van der Waals surface area contributed by atoms with E-state index in [-0.39, 0.29) is 24.9 Å². The lowest BCUT2D eigenvalue weighted by Gasteiger charge is -2.17. The highest BCUT2D eigenvalue weighted by atomic mass is 35.5. The number of amides is 2. The van der Waals surface area contributed by atoms with Crippen LogP contribution in [0.5, 0.6) is 0 Å². The number of carbonyl (C=O) groups is 2. The van der Waals surface area contributed by atoms with Gasteiger partial charge < -0.3 is 15.5 Å². The third kappa shape index (κ3) is 6.86. The van der Waals surface area contributed by atoms with Gasteiger partial charge in [0.15, 0.2) is 13.1 Å². The summed E-state index contributed by atoms with van der Waals surface area (Å²) in [5, 5.41) is 6.90. The third-order valence-electron chi connectivity index (χ3n) is 4.23. The molecule has 2 amide bonds. The van der Waals surface area contributed by atoms with Crippen molar-refractivity contribution >= 4 is 40.7 Å². The molecule has 0 saturated heterocycles. The summed E-state index contributed by atoms with van der Waals surface area (Å²) in [4.78, 5) is 25.4. The van der Waals surface area contributed by atoms with Crippen molar-refractivity contribution in [3.05, 3.63) is 63.6 Å². The molecule has 0 radical (unpaired) electrons. The van der Waals surface area contributed by atoms with Gasteiger partial charge >= 0.3 is 0 Å². The SMILES string of the molecule is CC[NH+](CC(=O)NCc1ccccc1Cl)CC(=O)Nc1cc(Cl)ccc1C. The topological polar surface area (TPSA) is 62.6 Å². The number of rotatable bonds is 8. The van der Waals surface area contributed by atoms with Crippen LogP contribution in [0.1, 0.15) is 18.1 Å². The summed E-state index contributed by atoms with van der Waals surface area (Å²) in [5.41, 5.74) is 2.48. The third-order valence-corrected chi connectivity index (χ3v) is 4.83. The summed E-state index contributed by atoms with van der Waals surface area (Å²) in [7, 11) is 0. The normalized spacial score (nSPS) is 11.7. The quantitative estimate of drug-likeness (QED) is 0.627. The van der Waals surface area contributed by atoms with Crippen molar-refractivity contribution in [1.82, 2.24) is 5.32 Å². The van der Waals surface area contributed by atoms with E-state index in [1.54, 1.807) is 18.2 Å². The Kier molecular flexibility index (Phi) is 8.10. The fraction of sp³-hybridized carbons (Fsp3) is 0.300. The highest BCUT2D eigenvalue weighted by Gasteiger charge is 2.17. The molecule has 0 heterocycles. The lowest BCUT2D eigenvalue weighted by Crippen LogP contribution is -3.14. The highest BCUT2D eigenvalue weighted by Crippen LogP contribution is 2.19. The van der Waals surface area contributed by atoms with E-state index in [4.69, 9.17) is 23.2 Å². The van der Waals surface area contributed by atoms with Crippen LogP contribution in [-0.2, 0) is 16.1 Å². The maximum atomic E-state index is 12.3. The van der Waals surface area contributed by atoms with E-state index in [0.717, 1.165) is 16.0 Å². The average molecular weight is 409 g/mol. The lowest BCUT2D eigenvalue weighted by molar-refractivity contribution is -0.881. The van der Waals surface area contributed by atoms with Crippen LogP contribution in [0.4, 0.5) is 5.69 Å². The van der Waals surface area contributed by atoms with Crippen LogP contribution in [0.2, 0.25) is 10.0 Å². The second kappa shape index (κ2) is 10.3. The fourth-order valence-corrected chi connectivity index (χ4v) is 2.96. The van der Waals surface area contributed by atoms with Crippen molar-refractivity contribution in [2.24, 2.45) is 0 Å². The number of aryl methyl sites for hydroxylation is 1. The van der Waals surface area contributed by atoms with E-state index in [1.165, 1.54) is 0 Å². The molecule has 144 valence electrons. The van der Waals surface area contributed by atoms with Crippen LogP contribution >= 0.6 is 23.2 Å². The molecule has 2 aromatic carbocycles. The number of quaternary nitrogens is 1. The Morgan fingerprint density at radius 1 is 1.04 bits per heavy atom. The van der Waals surface area contributed by atoms with E-state index in [9.17, 15) is 9.59 Å². The summed E-state index contributed by atoms with van der Waals surface area (Å²) in [5.74, 6) is -0.283. The second-order valence-electron chi connectivity index (χ2n) is 6.33. The molecule has 0 aliphatic heterocycles. The van der Waals surface area contributed by atoms with Gasteiger partial charge in [-0.3, -0.25) is 9.59 Å². The number of anilines is 1. The monoisotopic (exact) mass is 408 g/mol. The molecule has 0 fully saturated rings. The first-order chi connectivity index (χ1) is 12.9. The Morgan fingerprint density at radius 3 is 2.44 bits per heavy atom. The number of benzene rings is 2. The Hall–Kier alpha value is -2.08. The molecule has 0 aliphatic rings. The Balaban J connectivity index is 1.85. The van der Waals surface area contributed by atoms with Crippen LogP contribution in [0.15, 0.2) is 42.5 Å². The van der Waals surface area contributed by atoms with E-state index in [2.05, 4.69) is 10.6 Å². The van der Waals surface area contributed by atoms with Crippen molar-refractivity contribution < 1.29 is 14.5 Å². The first-order valence-electron chi connectivity index (χ1n) is 8.78. The van der Waals surface area contributed by atoms with Gasteiger partial charge in [-0.2, -0.15) is 0 Å². The zero-order chi connectivity index (χ0) is 19.8. The standard InChI is InChI=1S/C20H23Cl2N3O2/c1-3-25(12-19(26)23-11-15-6-4-5-7-17(15)22)13-20(27)24-18-10-16(21)9-8-14(18)2/h4-10H,3,11-13H2,1-2H3,(H,23,26)(H,24,27)/p+1. The van der Waals surface area contributed by atoms with Gasteiger partial charge in [-0.25, -0.2) is 0 Å². The van der Waals surface area contributed by atoms with Crippen molar-refractivity contribution in [1.29, 1.82) is 0 Å². The molecule has 0 spiro atoms. The summed E-state index contributed by atoms with van der Waals surface area (Å²) in [6.07, 6.45) is 0. The van der Waals surface area contributed by atoms with Gasteiger partial charge in [0.2, 0.25) is 0 Å². The van der Waals surface area contributed by atoms with Crippen LogP contribution < -0.4 is 15.5 Å². The summed E-state index contributed by atoms with van der Waals surface area (Å²) in [6, 6.07) is 12.7. The number of hydrogen-bond acceptors (Lipinski definition) is 2. The van der Waals surface area contributed by atoms with Gasteiger partial charge in [-0.1, -0.05) is 47.5 Å². The molecule has 1 atom stereocenters. The van der Waals surface area contributed by atoms with Crippen molar-refractivity contribution in [3.8, 4) is 0 Å². The number of likely N-dealkylation sites (N-methyl/N-ethyl adjacent to an activating group) is 1. The highest BCUT2D eigenvalue weighted by molar-refractivity contribution is 6.31. The van der Waals surface area contributed by atoms with E-state index < -0.39 is 0 Å². The van der Waals surface area contributed by atoms with Gasteiger partial charge in [-0.05, 0) is 43.2 Å². The minimum absolute atomic E-state index is 0.126.